The first-order chi connectivity index (χ1) is 12.4. The molecule has 1 amide bonds. The number of rotatable bonds is 4. The van der Waals surface area contributed by atoms with Crippen molar-refractivity contribution in [3.05, 3.63) is 46.5 Å². The number of amides is 1. The number of fused-ring (bicyclic) bond motifs is 1. The van der Waals surface area contributed by atoms with Crippen molar-refractivity contribution < 1.29 is 4.79 Å². The molecule has 134 valence electrons. The van der Waals surface area contributed by atoms with E-state index in [2.05, 4.69) is 48.1 Å². The van der Waals surface area contributed by atoms with Crippen molar-refractivity contribution in [1.82, 2.24) is 14.3 Å². The van der Waals surface area contributed by atoms with E-state index >= 15 is 0 Å². The highest BCUT2D eigenvalue weighted by molar-refractivity contribution is 7.16. The van der Waals surface area contributed by atoms with Crippen LogP contribution in [0.5, 0.6) is 0 Å². The number of carbonyl (C=O) groups excluding carboxylic acids is 1. The zero-order valence-corrected chi connectivity index (χ0v) is 16.2. The SMILES string of the molecule is C#CCn1c(=NC(=O)c2ccn(C(C)C)n2)sc2cc(C(C)C)ccc21. The normalized spacial score (nSPS) is 12.3. The minimum atomic E-state index is -0.356. The van der Waals surface area contributed by atoms with Crippen molar-refractivity contribution in [3.63, 3.8) is 0 Å². The van der Waals surface area contributed by atoms with Crippen LogP contribution < -0.4 is 4.80 Å². The van der Waals surface area contributed by atoms with E-state index in [4.69, 9.17) is 6.42 Å². The highest BCUT2D eigenvalue weighted by Gasteiger charge is 2.13. The lowest BCUT2D eigenvalue weighted by Crippen LogP contribution is -2.16. The van der Waals surface area contributed by atoms with Crippen molar-refractivity contribution in [2.24, 2.45) is 4.99 Å². The fourth-order valence-electron chi connectivity index (χ4n) is 2.66. The van der Waals surface area contributed by atoms with Gasteiger partial charge in [0.15, 0.2) is 10.5 Å². The average molecular weight is 366 g/mol. The van der Waals surface area contributed by atoms with Crippen molar-refractivity contribution in [3.8, 4) is 12.3 Å². The quantitative estimate of drug-likeness (QED) is 0.656. The summed E-state index contributed by atoms with van der Waals surface area (Å²) in [6, 6.07) is 8.19. The molecular weight excluding hydrogens is 344 g/mol. The van der Waals surface area contributed by atoms with Crippen LogP contribution in [0.4, 0.5) is 0 Å². The number of carbonyl (C=O) groups is 1. The Bertz CT molecular complexity index is 1060. The van der Waals surface area contributed by atoms with Gasteiger partial charge < -0.3 is 4.57 Å². The fourth-order valence-corrected chi connectivity index (χ4v) is 3.74. The van der Waals surface area contributed by atoms with Crippen LogP contribution in [0.3, 0.4) is 0 Å². The maximum absolute atomic E-state index is 12.6. The minimum absolute atomic E-state index is 0.196. The number of thiazole rings is 1. The zero-order valence-electron chi connectivity index (χ0n) is 15.4. The van der Waals surface area contributed by atoms with Crippen molar-refractivity contribution in [1.29, 1.82) is 0 Å². The Morgan fingerprint density at radius 1 is 1.31 bits per heavy atom. The molecule has 0 bridgehead atoms. The summed E-state index contributed by atoms with van der Waals surface area (Å²) in [5.74, 6) is 2.73. The molecule has 0 aliphatic heterocycles. The molecule has 0 spiro atoms. The highest BCUT2D eigenvalue weighted by atomic mass is 32.1. The van der Waals surface area contributed by atoms with E-state index < -0.39 is 0 Å². The number of terminal acetylenes is 1. The standard InChI is InChI=1S/C20H22N4OS/c1-6-10-23-17-8-7-15(13(2)3)12-18(17)26-20(23)21-19(25)16-9-11-24(22-16)14(4)5/h1,7-9,11-14H,10H2,2-5H3. The van der Waals surface area contributed by atoms with E-state index in [9.17, 15) is 4.79 Å². The zero-order chi connectivity index (χ0) is 18.8. The summed E-state index contributed by atoms with van der Waals surface area (Å²) in [5.41, 5.74) is 2.59. The molecule has 0 aliphatic carbocycles. The molecule has 0 saturated carbocycles. The molecule has 2 heterocycles. The molecule has 3 aromatic rings. The Kier molecular flexibility index (Phi) is 5.10. The van der Waals surface area contributed by atoms with Gasteiger partial charge in [0.2, 0.25) is 0 Å². The number of hydrogen-bond acceptors (Lipinski definition) is 3. The van der Waals surface area contributed by atoms with Gasteiger partial charge in [-0.05, 0) is 43.5 Å². The van der Waals surface area contributed by atoms with Gasteiger partial charge in [0.1, 0.15) is 0 Å². The van der Waals surface area contributed by atoms with E-state index in [1.165, 1.54) is 16.9 Å². The van der Waals surface area contributed by atoms with E-state index in [1.807, 2.05) is 18.4 Å². The summed E-state index contributed by atoms with van der Waals surface area (Å²) in [5, 5.41) is 4.30. The summed E-state index contributed by atoms with van der Waals surface area (Å²) >= 11 is 1.48. The lowest BCUT2D eigenvalue weighted by molar-refractivity contribution is 0.0992. The summed E-state index contributed by atoms with van der Waals surface area (Å²) < 4.78 is 4.73. The third kappa shape index (κ3) is 3.49. The molecule has 0 radical (unpaired) electrons. The molecule has 0 atom stereocenters. The second-order valence-electron chi connectivity index (χ2n) is 6.75. The first kappa shape index (κ1) is 18.2. The van der Waals surface area contributed by atoms with Gasteiger partial charge >= 0.3 is 0 Å². The van der Waals surface area contributed by atoms with Crippen LogP contribution in [0.25, 0.3) is 10.2 Å². The lowest BCUT2D eigenvalue weighted by Gasteiger charge is -2.05. The lowest BCUT2D eigenvalue weighted by atomic mass is 10.0. The number of nitrogens with zero attached hydrogens (tertiary/aromatic N) is 4. The largest absolute Gasteiger partial charge is 0.305 e. The van der Waals surface area contributed by atoms with Crippen LogP contribution in [0.1, 0.15) is 55.7 Å². The molecule has 6 heteroatoms. The maximum atomic E-state index is 12.6. The molecule has 1 aromatic carbocycles. The number of hydrogen-bond donors (Lipinski definition) is 0. The molecule has 0 fully saturated rings. The average Bonchev–Trinajstić information content (AvgIpc) is 3.20. The third-order valence-electron chi connectivity index (χ3n) is 4.18. The van der Waals surface area contributed by atoms with Crippen LogP contribution in [0.15, 0.2) is 35.5 Å². The van der Waals surface area contributed by atoms with Crippen LogP contribution in [0.2, 0.25) is 0 Å². The van der Waals surface area contributed by atoms with Crippen LogP contribution in [0, 0.1) is 12.3 Å². The fraction of sp³-hybridized carbons (Fsp3) is 0.350. The molecule has 5 nitrogen and oxygen atoms in total. The second-order valence-corrected chi connectivity index (χ2v) is 7.76. The molecule has 0 saturated heterocycles. The Morgan fingerprint density at radius 3 is 2.69 bits per heavy atom. The van der Waals surface area contributed by atoms with Gasteiger partial charge in [-0.3, -0.25) is 9.48 Å². The van der Waals surface area contributed by atoms with Gasteiger partial charge in [-0.25, -0.2) is 0 Å². The molecule has 0 N–H and O–H groups in total. The van der Waals surface area contributed by atoms with Crippen LogP contribution in [-0.2, 0) is 6.54 Å². The molecule has 0 unspecified atom stereocenters. The van der Waals surface area contributed by atoms with E-state index in [0.29, 0.717) is 23.0 Å². The van der Waals surface area contributed by atoms with E-state index in [-0.39, 0.29) is 11.9 Å². The van der Waals surface area contributed by atoms with E-state index in [1.54, 1.807) is 16.9 Å². The Morgan fingerprint density at radius 2 is 2.08 bits per heavy atom. The molecule has 0 aliphatic rings. The Balaban J connectivity index is 2.09. The third-order valence-corrected chi connectivity index (χ3v) is 5.22. The van der Waals surface area contributed by atoms with Crippen molar-refractivity contribution >= 4 is 27.5 Å². The first-order valence-corrected chi connectivity index (χ1v) is 9.43. The van der Waals surface area contributed by atoms with Gasteiger partial charge in [0, 0.05) is 12.2 Å². The number of aromatic nitrogens is 3. The predicted octanol–water partition coefficient (Wildman–Crippen LogP) is 3.98. The summed E-state index contributed by atoms with van der Waals surface area (Å²) in [7, 11) is 0. The smallest absolute Gasteiger partial charge is 0.300 e. The van der Waals surface area contributed by atoms with E-state index in [0.717, 1.165) is 10.2 Å². The Labute approximate surface area is 157 Å². The molecule has 2 aromatic heterocycles. The van der Waals surface area contributed by atoms with Gasteiger partial charge in [0.25, 0.3) is 5.91 Å². The second kappa shape index (κ2) is 7.30. The highest BCUT2D eigenvalue weighted by Crippen LogP contribution is 2.23. The molecular formula is C20H22N4OS. The van der Waals surface area contributed by atoms with Crippen LogP contribution in [-0.4, -0.2) is 20.3 Å². The summed E-state index contributed by atoms with van der Waals surface area (Å²) in [6.07, 6.45) is 7.32. The van der Waals surface area contributed by atoms with Gasteiger partial charge in [0.05, 0.1) is 16.8 Å². The van der Waals surface area contributed by atoms with Gasteiger partial charge in [-0.2, -0.15) is 10.1 Å². The summed E-state index contributed by atoms with van der Waals surface area (Å²) in [4.78, 5) is 17.5. The summed E-state index contributed by atoms with van der Waals surface area (Å²) in [6.45, 7) is 8.71. The molecule has 3 rings (SSSR count). The molecule has 26 heavy (non-hydrogen) atoms. The maximum Gasteiger partial charge on any atom is 0.300 e. The van der Waals surface area contributed by atoms with Gasteiger partial charge in [-0.15, -0.1) is 6.42 Å². The monoisotopic (exact) mass is 366 g/mol. The first-order valence-electron chi connectivity index (χ1n) is 8.61. The topological polar surface area (TPSA) is 52.2 Å². The minimum Gasteiger partial charge on any atom is -0.305 e. The van der Waals surface area contributed by atoms with Crippen LogP contribution >= 0.6 is 11.3 Å². The predicted molar refractivity (Wildman–Crippen MR) is 105 cm³/mol. The number of benzene rings is 1. The van der Waals surface area contributed by atoms with Crippen molar-refractivity contribution in [2.75, 3.05) is 0 Å². The van der Waals surface area contributed by atoms with Gasteiger partial charge in [-0.1, -0.05) is 37.2 Å². The Hall–Kier alpha value is -2.65. The van der Waals surface area contributed by atoms with Crippen molar-refractivity contribution in [2.45, 2.75) is 46.2 Å².